The van der Waals surface area contributed by atoms with E-state index in [1.165, 1.54) is 5.56 Å². The maximum Gasteiger partial charge on any atom is 0.241 e. The van der Waals surface area contributed by atoms with Crippen LogP contribution in [0.1, 0.15) is 26.3 Å². The maximum absolute atomic E-state index is 12.0. The van der Waals surface area contributed by atoms with Crippen LogP contribution in [0.25, 0.3) is 0 Å². The van der Waals surface area contributed by atoms with E-state index in [0.717, 1.165) is 25.3 Å². The predicted molar refractivity (Wildman–Crippen MR) is 89.6 cm³/mol. The van der Waals surface area contributed by atoms with Crippen LogP contribution in [-0.2, 0) is 11.3 Å². The Morgan fingerprint density at radius 3 is 2.48 bits per heavy atom. The number of para-hydroxylation sites is 1. The minimum absolute atomic E-state index is 0.127. The summed E-state index contributed by atoms with van der Waals surface area (Å²) in [5.74, 6) is 0.761. The van der Waals surface area contributed by atoms with Crippen molar-refractivity contribution >= 4 is 11.6 Å². The summed E-state index contributed by atoms with van der Waals surface area (Å²) in [6.07, 6.45) is 0. The van der Waals surface area contributed by atoms with Crippen LogP contribution < -0.4 is 10.2 Å². The van der Waals surface area contributed by atoms with Gasteiger partial charge in [0.2, 0.25) is 5.91 Å². The lowest BCUT2D eigenvalue weighted by Gasteiger charge is -2.26. The minimum atomic E-state index is 0.127. The van der Waals surface area contributed by atoms with Crippen molar-refractivity contribution in [1.82, 2.24) is 10.2 Å². The maximum atomic E-state index is 12.0. The second kappa shape index (κ2) is 8.67. The van der Waals surface area contributed by atoms with Crippen molar-refractivity contribution in [3.05, 3.63) is 29.8 Å². The zero-order chi connectivity index (χ0) is 15.8. The molecule has 1 aromatic carbocycles. The molecule has 0 aromatic heterocycles. The molecule has 0 aliphatic heterocycles. The quantitative estimate of drug-likeness (QED) is 0.798. The van der Waals surface area contributed by atoms with Crippen LogP contribution in [0.2, 0.25) is 0 Å². The van der Waals surface area contributed by atoms with Gasteiger partial charge in [-0.2, -0.15) is 0 Å². The molecule has 0 heterocycles. The molecule has 21 heavy (non-hydrogen) atoms. The molecular weight excluding hydrogens is 262 g/mol. The van der Waals surface area contributed by atoms with Crippen LogP contribution >= 0.6 is 0 Å². The van der Waals surface area contributed by atoms with Crippen molar-refractivity contribution in [1.29, 1.82) is 0 Å². The number of likely N-dealkylation sites (N-methyl/N-ethyl adjacent to an activating group) is 2. The Bertz CT molecular complexity index is 443. The molecule has 0 aliphatic rings. The first-order valence-electron chi connectivity index (χ1n) is 7.69. The van der Waals surface area contributed by atoms with Gasteiger partial charge >= 0.3 is 0 Å². The summed E-state index contributed by atoms with van der Waals surface area (Å²) in [5.41, 5.74) is 2.39. The van der Waals surface area contributed by atoms with E-state index in [2.05, 4.69) is 49.2 Å². The average molecular weight is 291 g/mol. The van der Waals surface area contributed by atoms with E-state index in [-0.39, 0.29) is 5.91 Å². The van der Waals surface area contributed by atoms with Gasteiger partial charge in [0, 0.05) is 32.9 Å². The summed E-state index contributed by atoms with van der Waals surface area (Å²) in [4.78, 5) is 15.7. The third-order valence-electron chi connectivity index (χ3n) is 3.41. The van der Waals surface area contributed by atoms with Crippen LogP contribution in [0.4, 0.5) is 5.69 Å². The lowest BCUT2D eigenvalue weighted by molar-refractivity contribution is -0.127. The van der Waals surface area contributed by atoms with E-state index in [0.29, 0.717) is 12.5 Å². The molecule has 0 atom stereocenters. The molecule has 4 heteroatoms. The fourth-order valence-corrected chi connectivity index (χ4v) is 2.14. The number of rotatable bonds is 8. The van der Waals surface area contributed by atoms with Gasteiger partial charge in [0.15, 0.2) is 0 Å². The number of hydrogen-bond donors (Lipinski definition) is 1. The van der Waals surface area contributed by atoms with E-state index in [1.807, 2.05) is 6.07 Å². The topological polar surface area (TPSA) is 35.6 Å². The van der Waals surface area contributed by atoms with Gasteiger partial charge < -0.3 is 15.1 Å². The fourth-order valence-electron chi connectivity index (χ4n) is 2.14. The van der Waals surface area contributed by atoms with Crippen molar-refractivity contribution in [3.8, 4) is 0 Å². The van der Waals surface area contributed by atoms with Gasteiger partial charge in [-0.05, 0) is 31.0 Å². The third kappa shape index (κ3) is 5.76. The van der Waals surface area contributed by atoms with E-state index in [9.17, 15) is 4.79 Å². The van der Waals surface area contributed by atoms with E-state index in [4.69, 9.17) is 0 Å². The fraction of sp³-hybridized carbons (Fsp3) is 0.588. The SMILES string of the molecule is CCN(CC(=O)N(C)C)c1ccccc1CNCC(C)C. The number of nitrogens with zero attached hydrogens (tertiary/aromatic N) is 2. The average Bonchev–Trinajstić information content (AvgIpc) is 2.44. The standard InChI is InChI=1S/C17H29N3O/c1-6-20(13-17(21)19(4)5)16-10-8-7-9-15(16)12-18-11-14(2)3/h7-10,14,18H,6,11-13H2,1-5H3. The molecule has 0 aliphatic carbocycles. The zero-order valence-corrected chi connectivity index (χ0v) is 14.0. The smallest absolute Gasteiger partial charge is 0.241 e. The van der Waals surface area contributed by atoms with Crippen LogP contribution in [0.3, 0.4) is 0 Å². The number of nitrogens with one attached hydrogen (secondary N) is 1. The molecule has 1 amide bonds. The summed E-state index contributed by atoms with van der Waals surface area (Å²) in [7, 11) is 3.60. The highest BCUT2D eigenvalue weighted by molar-refractivity contribution is 5.81. The Kier molecular flexibility index (Phi) is 7.23. The Balaban J connectivity index is 2.81. The number of anilines is 1. The molecule has 0 bridgehead atoms. The first-order valence-corrected chi connectivity index (χ1v) is 7.69. The molecule has 0 saturated heterocycles. The molecular formula is C17H29N3O. The Morgan fingerprint density at radius 2 is 1.90 bits per heavy atom. The third-order valence-corrected chi connectivity index (χ3v) is 3.41. The van der Waals surface area contributed by atoms with Gasteiger partial charge in [0.1, 0.15) is 0 Å². The number of carbonyl (C=O) groups excluding carboxylic acids is 1. The first kappa shape index (κ1) is 17.5. The highest BCUT2D eigenvalue weighted by Crippen LogP contribution is 2.20. The molecule has 1 rings (SSSR count). The first-order chi connectivity index (χ1) is 9.95. The summed E-state index contributed by atoms with van der Waals surface area (Å²) in [6, 6.07) is 8.31. The zero-order valence-electron chi connectivity index (χ0n) is 14.0. The van der Waals surface area contributed by atoms with Crippen LogP contribution in [-0.4, -0.2) is 44.5 Å². The molecule has 1 N–H and O–H groups in total. The van der Waals surface area contributed by atoms with Crippen molar-refractivity contribution < 1.29 is 4.79 Å². The van der Waals surface area contributed by atoms with Crippen molar-refractivity contribution in [3.63, 3.8) is 0 Å². The molecule has 0 radical (unpaired) electrons. The molecule has 1 aromatic rings. The van der Waals surface area contributed by atoms with Crippen molar-refractivity contribution in [2.24, 2.45) is 5.92 Å². The van der Waals surface area contributed by atoms with E-state index < -0.39 is 0 Å². The summed E-state index contributed by atoms with van der Waals surface area (Å²) < 4.78 is 0. The van der Waals surface area contributed by atoms with E-state index >= 15 is 0 Å². The number of benzene rings is 1. The largest absolute Gasteiger partial charge is 0.362 e. The second-order valence-corrected chi connectivity index (χ2v) is 5.96. The lowest BCUT2D eigenvalue weighted by Crippen LogP contribution is -2.37. The Hall–Kier alpha value is -1.55. The van der Waals surface area contributed by atoms with Gasteiger partial charge in [0.25, 0.3) is 0 Å². The monoisotopic (exact) mass is 291 g/mol. The van der Waals surface area contributed by atoms with Gasteiger partial charge in [-0.15, -0.1) is 0 Å². The highest BCUT2D eigenvalue weighted by Gasteiger charge is 2.14. The minimum Gasteiger partial charge on any atom is -0.362 e. The molecule has 0 fully saturated rings. The summed E-state index contributed by atoms with van der Waals surface area (Å²) >= 11 is 0. The van der Waals surface area contributed by atoms with Gasteiger partial charge in [-0.3, -0.25) is 4.79 Å². The number of amides is 1. The van der Waals surface area contributed by atoms with Gasteiger partial charge in [-0.25, -0.2) is 0 Å². The molecule has 0 spiro atoms. The van der Waals surface area contributed by atoms with Gasteiger partial charge in [-0.1, -0.05) is 32.0 Å². The summed E-state index contributed by atoms with van der Waals surface area (Å²) in [6.45, 7) is 9.56. The molecule has 0 unspecified atom stereocenters. The van der Waals surface area contributed by atoms with Gasteiger partial charge in [0.05, 0.1) is 6.54 Å². The number of hydrogen-bond acceptors (Lipinski definition) is 3. The van der Waals surface area contributed by atoms with E-state index in [1.54, 1.807) is 19.0 Å². The normalized spacial score (nSPS) is 10.8. The van der Waals surface area contributed by atoms with Crippen LogP contribution in [0.5, 0.6) is 0 Å². The summed E-state index contributed by atoms with van der Waals surface area (Å²) in [5, 5.41) is 3.47. The Labute approximate surface area is 129 Å². The second-order valence-electron chi connectivity index (χ2n) is 5.96. The predicted octanol–water partition coefficient (Wildman–Crippen LogP) is 2.35. The molecule has 4 nitrogen and oxygen atoms in total. The van der Waals surface area contributed by atoms with Crippen LogP contribution in [0.15, 0.2) is 24.3 Å². The van der Waals surface area contributed by atoms with Crippen LogP contribution in [0, 0.1) is 5.92 Å². The number of carbonyl (C=O) groups is 1. The van der Waals surface area contributed by atoms with Crippen molar-refractivity contribution in [2.75, 3.05) is 38.6 Å². The molecule has 0 saturated carbocycles. The lowest BCUT2D eigenvalue weighted by atomic mass is 10.1. The highest BCUT2D eigenvalue weighted by atomic mass is 16.2. The van der Waals surface area contributed by atoms with Crippen molar-refractivity contribution in [2.45, 2.75) is 27.3 Å². The molecule has 118 valence electrons. The Morgan fingerprint density at radius 1 is 1.24 bits per heavy atom.